The first-order chi connectivity index (χ1) is 20.1. The van der Waals surface area contributed by atoms with Crippen LogP contribution in [0.1, 0.15) is 77.4 Å². The van der Waals surface area contributed by atoms with E-state index in [0.29, 0.717) is 16.8 Å². The van der Waals surface area contributed by atoms with Crippen molar-refractivity contribution in [2.75, 3.05) is 18.0 Å². The van der Waals surface area contributed by atoms with Crippen LogP contribution in [0.15, 0.2) is 58.6 Å². The highest BCUT2D eigenvalue weighted by Gasteiger charge is 2.44. The van der Waals surface area contributed by atoms with E-state index < -0.39 is 17.7 Å². The summed E-state index contributed by atoms with van der Waals surface area (Å²) in [6.07, 6.45) is 3.42. The monoisotopic (exact) mass is 573 g/mol. The smallest absolute Gasteiger partial charge is 0.417 e. The molecule has 7 rings (SSSR count). The summed E-state index contributed by atoms with van der Waals surface area (Å²) in [5.74, 6) is -0.0961. The van der Waals surface area contributed by atoms with Gasteiger partial charge in [-0.2, -0.15) is 13.2 Å². The Morgan fingerprint density at radius 2 is 1.83 bits per heavy atom. The molecule has 3 aliphatic rings. The Labute approximate surface area is 240 Å². The van der Waals surface area contributed by atoms with Crippen LogP contribution in [-0.2, 0) is 6.18 Å². The molecule has 3 fully saturated rings. The largest absolute Gasteiger partial charge is 0.477 e. The third kappa shape index (κ3) is 4.74. The highest BCUT2D eigenvalue weighted by atomic mass is 19.4. The van der Waals surface area contributed by atoms with Gasteiger partial charge in [0.25, 0.3) is 0 Å². The summed E-state index contributed by atoms with van der Waals surface area (Å²) in [6, 6.07) is 13.2. The van der Waals surface area contributed by atoms with Crippen LogP contribution in [0, 0.1) is 12.3 Å². The summed E-state index contributed by atoms with van der Waals surface area (Å²) in [4.78, 5) is 18.0. The number of nitrogens with zero attached hydrogens (tertiary/aromatic N) is 3. The number of aromatic carboxylic acids is 1. The minimum absolute atomic E-state index is 0.0497. The molecule has 9 heteroatoms. The van der Waals surface area contributed by atoms with Crippen molar-refractivity contribution < 1.29 is 27.6 Å². The van der Waals surface area contributed by atoms with Gasteiger partial charge >= 0.3 is 12.1 Å². The molecular formula is C33H30F3N3O3. The first kappa shape index (κ1) is 26.7. The normalized spacial score (nSPS) is 18.4. The van der Waals surface area contributed by atoms with E-state index in [-0.39, 0.29) is 28.3 Å². The molecule has 4 aromatic rings. The Kier molecular flexibility index (Phi) is 6.18. The second-order valence-electron chi connectivity index (χ2n) is 12.1. The standard InChI is InChI=1S/C33H30F3N3O3/c1-19-14-28(31(40)41)37-27-9-8-22(16-24(19)27)39-12-10-32(11-13-39)17-20(18-32)15-25-29(38-42-30(25)21-6-7-21)23-4-2-3-5-26(23)33(34,35)36/h2-5,8-9,14-16,21H,6-7,10-13,17-18H2,1H3,(H,40,41). The van der Waals surface area contributed by atoms with Gasteiger partial charge in [-0.1, -0.05) is 28.9 Å². The van der Waals surface area contributed by atoms with Crippen molar-refractivity contribution in [2.45, 2.75) is 57.5 Å². The number of carbonyl (C=O) groups is 1. The molecule has 2 aliphatic carbocycles. The number of carboxylic acid groups (broad SMARTS) is 1. The van der Waals surface area contributed by atoms with Crippen LogP contribution in [0.2, 0.25) is 0 Å². The van der Waals surface area contributed by atoms with Gasteiger partial charge in [0.2, 0.25) is 0 Å². The fourth-order valence-electron chi connectivity index (χ4n) is 6.72. The number of hydrogen-bond donors (Lipinski definition) is 1. The number of allylic oxidation sites excluding steroid dienone is 1. The summed E-state index contributed by atoms with van der Waals surface area (Å²) in [6.45, 7) is 3.72. The molecule has 0 amide bonds. The van der Waals surface area contributed by atoms with E-state index >= 15 is 0 Å². The summed E-state index contributed by atoms with van der Waals surface area (Å²) < 4.78 is 47.1. The number of halogens is 3. The lowest BCUT2D eigenvalue weighted by Crippen LogP contribution is -2.44. The van der Waals surface area contributed by atoms with Gasteiger partial charge in [0, 0.05) is 41.2 Å². The molecule has 0 atom stereocenters. The molecular weight excluding hydrogens is 543 g/mol. The van der Waals surface area contributed by atoms with Crippen molar-refractivity contribution in [2.24, 2.45) is 5.41 Å². The van der Waals surface area contributed by atoms with Gasteiger partial charge in [0.05, 0.1) is 11.1 Å². The third-order valence-corrected chi connectivity index (χ3v) is 9.15. The number of carboxylic acids is 1. The van der Waals surface area contributed by atoms with Crippen molar-refractivity contribution in [3.63, 3.8) is 0 Å². The Balaban J connectivity index is 1.09. The molecule has 42 heavy (non-hydrogen) atoms. The topological polar surface area (TPSA) is 79.5 Å². The lowest BCUT2D eigenvalue weighted by Gasteiger charge is -2.50. The number of pyridine rings is 1. The number of aromatic nitrogens is 2. The quantitative estimate of drug-likeness (QED) is 0.259. The number of hydrogen-bond acceptors (Lipinski definition) is 5. The van der Waals surface area contributed by atoms with Crippen LogP contribution in [0.5, 0.6) is 0 Å². The number of anilines is 1. The molecule has 1 spiro atoms. The van der Waals surface area contributed by atoms with Crippen LogP contribution >= 0.6 is 0 Å². The number of piperidine rings is 1. The SMILES string of the molecule is Cc1cc(C(=O)O)nc2ccc(N3CCC4(CC3)CC(=Cc3c(-c5ccccc5C(F)(F)F)noc3C3CC3)C4)cc12. The molecule has 6 nitrogen and oxygen atoms in total. The van der Waals surface area contributed by atoms with Crippen molar-refractivity contribution in [1.29, 1.82) is 0 Å². The van der Waals surface area contributed by atoms with Crippen LogP contribution in [0.25, 0.3) is 28.2 Å². The molecule has 216 valence electrons. The van der Waals surface area contributed by atoms with Crippen molar-refractivity contribution in [1.82, 2.24) is 10.1 Å². The maximum absolute atomic E-state index is 13.8. The zero-order chi connectivity index (χ0) is 29.2. The van der Waals surface area contributed by atoms with Gasteiger partial charge in [0.15, 0.2) is 0 Å². The van der Waals surface area contributed by atoms with Gasteiger partial charge in [-0.05, 0) is 92.8 Å². The first-order valence-electron chi connectivity index (χ1n) is 14.4. The average molecular weight is 574 g/mol. The zero-order valence-electron chi connectivity index (χ0n) is 23.2. The third-order valence-electron chi connectivity index (χ3n) is 9.15. The van der Waals surface area contributed by atoms with Crippen LogP contribution in [0.3, 0.4) is 0 Å². The number of aryl methyl sites for hydroxylation is 1. The van der Waals surface area contributed by atoms with Crippen LogP contribution < -0.4 is 4.90 Å². The molecule has 1 aliphatic heterocycles. The number of rotatable bonds is 5. The summed E-state index contributed by atoms with van der Waals surface area (Å²) in [5, 5.41) is 14.4. The highest BCUT2D eigenvalue weighted by molar-refractivity contribution is 5.92. The highest BCUT2D eigenvalue weighted by Crippen LogP contribution is 2.54. The lowest BCUT2D eigenvalue weighted by molar-refractivity contribution is -0.137. The fraction of sp³-hybridized carbons (Fsp3) is 0.364. The molecule has 2 aromatic heterocycles. The van der Waals surface area contributed by atoms with Gasteiger partial charge in [-0.25, -0.2) is 9.78 Å². The number of fused-ring (bicyclic) bond motifs is 1. The molecule has 2 saturated carbocycles. The van der Waals surface area contributed by atoms with Gasteiger partial charge in [-0.3, -0.25) is 0 Å². The fourth-order valence-corrected chi connectivity index (χ4v) is 6.72. The van der Waals surface area contributed by atoms with E-state index in [9.17, 15) is 23.1 Å². The number of benzene rings is 2. The van der Waals surface area contributed by atoms with Crippen molar-refractivity contribution in [3.8, 4) is 11.3 Å². The Bertz CT molecular complexity index is 1730. The van der Waals surface area contributed by atoms with Crippen LogP contribution in [0.4, 0.5) is 18.9 Å². The molecule has 0 bridgehead atoms. The summed E-state index contributed by atoms with van der Waals surface area (Å²) >= 11 is 0. The average Bonchev–Trinajstić information content (AvgIpc) is 3.71. The lowest BCUT2D eigenvalue weighted by atomic mass is 9.60. The Hall–Kier alpha value is -4.14. The molecule has 2 aromatic carbocycles. The predicted molar refractivity (Wildman–Crippen MR) is 153 cm³/mol. The number of alkyl halides is 3. The molecule has 0 unspecified atom stereocenters. The van der Waals surface area contributed by atoms with Crippen molar-refractivity contribution in [3.05, 3.63) is 82.2 Å². The summed E-state index contributed by atoms with van der Waals surface area (Å²) in [5.41, 5.74) is 4.52. The molecule has 0 radical (unpaired) electrons. The Morgan fingerprint density at radius 3 is 2.52 bits per heavy atom. The Morgan fingerprint density at radius 1 is 1.10 bits per heavy atom. The zero-order valence-corrected chi connectivity index (χ0v) is 23.2. The van der Waals surface area contributed by atoms with E-state index in [1.165, 1.54) is 17.7 Å². The van der Waals surface area contributed by atoms with E-state index in [4.69, 9.17) is 4.52 Å². The minimum Gasteiger partial charge on any atom is -0.477 e. The first-order valence-corrected chi connectivity index (χ1v) is 14.4. The van der Waals surface area contributed by atoms with Gasteiger partial charge in [0.1, 0.15) is 17.1 Å². The molecule has 1 N–H and O–H groups in total. The second-order valence-corrected chi connectivity index (χ2v) is 12.1. The van der Waals surface area contributed by atoms with E-state index in [1.54, 1.807) is 12.1 Å². The predicted octanol–water partition coefficient (Wildman–Crippen LogP) is 8.26. The maximum Gasteiger partial charge on any atom is 0.417 e. The second kappa shape index (κ2) is 9.71. The van der Waals surface area contributed by atoms with E-state index in [1.807, 2.05) is 19.1 Å². The van der Waals surface area contributed by atoms with Gasteiger partial charge in [-0.15, -0.1) is 0 Å². The van der Waals surface area contributed by atoms with E-state index in [0.717, 1.165) is 74.3 Å². The van der Waals surface area contributed by atoms with Crippen molar-refractivity contribution >= 4 is 28.6 Å². The molecule has 3 heterocycles. The van der Waals surface area contributed by atoms with Crippen LogP contribution in [-0.4, -0.2) is 34.3 Å². The molecule has 1 saturated heterocycles. The van der Waals surface area contributed by atoms with Gasteiger partial charge < -0.3 is 14.5 Å². The maximum atomic E-state index is 13.8. The summed E-state index contributed by atoms with van der Waals surface area (Å²) in [7, 11) is 0. The minimum atomic E-state index is -4.48. The van der Waals surface area contributed by atoms with E-state index in [2.05, 4.69) is 27.2 Å².